The number of aromatic amines is 1. The van der Waals surface area contributed by atoms with Gasteiger partial charge in [0.25, 0.3) is 0 Å². The van der Waals surface area contributed by atoms with Gasteiger partial charge in [-0.15, -0.1) is 0 Å². The fourth-order valence-corrected chi connectivity index (χ4v) is 3.08. The lowest BCUT2D eigenvalue weighted by molar-refractivity contribution is 0.0924. The van der Waals surface area contributed by atoms with Crippen molar-refractivity contribution in [1.29, 1.82) is 0 Å². The lowest BCUT2D eigenvalue weighted by atomic mass is 9.95. The van der Waals surface area contributed by atoms with Crippen molar-refractivity contribution in [2.24, 2.45) is 5.92 Å². The van der Waals surface area contributed by atoms with Gasteiger partial charge in [0.2, 0.25) is 0 Å². The molecular formula is C17H13NO3. The minimum atomic E-state index is -0.497. The molecule has 0 spiro atoms. The van der Waals surface area contributed by atoms with Crippen LogP contribution in [0.5, 0.6) is 0 Å². The number of carbonyl (C=O) groups is 1. The van der Waals surface area contributed by atoms with Crippen LogP contribution in [-0.4, -0.2) is 10.8 Å². The van der Waals surface area contributed by atoms with Crippen LogP contribution in [0.4, 0.5) is 0 Å². The van der Waals surface area contributed by atoms with Crippen molar-refractivity contribution in [3.63, 3.8) is 0 Å². The Morgan fingerprint density at radius 1 is 1.10 bits per heavy atom. The van der Waals surface area contributed by atoms with Gasteiger partial charge in [0, 0.05) is 11.5 Å². The highest BCUT2D eigenvalue weighted by atomic mass is 16.4. The van der Waals surface area contributed by atoms with E-state index in [1.54, 1.807) is 18.2 Å². The molecule has 1 aliphatic rings. The number of rotatable bonds is 2. The van der Waals surface area contributed by atoms with Crippen molar-refractivity contribution in [3.05, 3.63) is 69.7 Å². The molecule has 0 saturated carbocycles. The Bertz CT molecular complexity index is 879. The minimum absolute atomic E-state index is 0.0227. The molecule has 4 nitrogen and oxygen atoms in total. The highest BCUT2D eigenvalue weighted by molar-refractivity contribution is 6.00. The highest BCUT2D eigenvalue weighted by Crippen LogP contribution is 2.29. The van der Waals surface area contributed by atoms with Gasteiger partial charge in [-0.3, -0.25) is 9.78 Å². The third-order valence-electron chi connectivity index (χ3n) is 4.13. The topological polar surface area (TPSA) is 63.1 Å². The molecule has 0 unspecified atom stereocenters. The number of Topliss-reactive ketones (excluding diaryl/α,β-unsaturated/α-hetero) is 1. The summed E-state index contributed by atoms with van der Waals surface area (Å²) in [5.41, 5.74) is 4.16. The van der Waals surface area contributed by atoms with Crippen LogP contribution in [0.2, 0.25) is 0 Å². The maximum Gasteiger partial charge on any atom is 0.417 e. The molecule has 0 bridgehead atoms. The number of aromatic nitrogens is 1. The molecule has 2 aromatic carbocycles. The molecule has 1 aliphatic carbocycles. The maximum atomic E-state index is 12.6. The van der Waals surface area contributed by atoms with Gasteiger partial charge < -0.3 is 4.42 Å². The smallest absolute Gasteiger partial charge is 0.408 e. The average molecular weight is 279 g/mol. The van der Waals surface area contributed by atoms with Crippen LogP contribution in [-0.2, 0) is 12.8 Å². The van der Waals surface area contributed by atoms with E-state index >= 15 is 0 Å². The van der Waals surface area contributed by atoms with Crippen LogP contribution in [0.3, 0.4) is 0 Å². The summed E-state index contributed by atoms with van der Waals surface area (Å²) in [6.45, 7) is 0. The molecule has 1 N–H and O–H groups in total. The lowest BCUT2D eigenvalue weighted by Gasteiger charge is -2.07. The fourth-order valence-electron chi connectivity index (χ4n) is 3.08. The van der Waals surface area contributed by atoms with E-state index in [4.69, 9.17) is 4.42 Å². The number of oxazole rings is 1. The van der Waals surface area contributed by atoms with Gasteiger partial charge in [-0.1, -0.05) is 24.3 Å². The number of hydrogen-bond donors (Lipinski definition) is 1. The molecule has 1 heterocycles. The second-order valence-corrected chi connectivity index (χ2v) is 5.46. The minimum Gasteiger partial charge on any atom is -0.408 e. The Hall–Kier alpha value is -2.62. The summed E-state index contributed by atoms with van der Waals surface area (Å²) >= 11 is 0. The summed E-state index contributed by atoms with van der Waals surface area (Å²) in [7, 11) is 0. The van der Waals surface area contributed by atoms with Crippen LogP contribution in [0, 0.1) is 5.92 Å². The molecule has 0 saturated heterocycles. The summed E-state index contributed by atoms with van der Waals surface area (Å²) in [6.07, 6.45) is 1.56. The van der Waals surface area contributed by atoms with E-state index in [2.05, 4.69) is 17.1 Å². The molecule has 0 aliphatic heterocycles. The SMILES string of the molecule is O=C(c1ccc2[nH]c(=O)oc2c1)C1Cc2ccccc2C1. The van der Waals surface area contributed by atoms with Gasteiger partial charge in [0.15, 0.2) is 11.4 Å². The number of hydrogen-bond acceptors (Lipinski definition) is 3. The molecular weight excluding hydrogens is 266 g/mol. The van der Waals surface area contributed by atoms with E-state index < -0.39 is 5.76 Å². The number of ketones is 1. The Labute approximate surface area is 120 Å². The van der Waals surface area contributed by atoms with Gasteiger partial charge in [-0.05, 0) is 42.2 Å². The van der Waals surface area contributed by atoms with Gasteiger partial charge in [-0.2, -0.15) is 0 Å². The summed E-state index contributed by atoms with van der Waals surface area (Å²) in [5.74, 6) is -0.412. The lowest BCUT2D eigenvalue weighted by Crippen LogP contribution is -2.14. The highest BCUT2D eigenvalue weighted by Gasteiger charge is 2.28. The summed E-state index contributed by atoms with van der Waals surface area (Å²) < 4.78 is 5.02. The number of carbonyl (C=O) groups excluding carboxylic acids is 1. The normalized spacial score (nSPS) is 14.5. The summed E-state index contributed by atoms with van der Waals surface area (Å²) in [6, 6.07) is 13.3. The summed E-state index contributed by atoms with van der Waals surface area (Å²) in [4.78, 5) is 26.4. The van der Waals surface area contributed by atoms with Crippen LogP contribution in [0.25, 0.3) is 11.1 Å². The van der Waals surface area contributed by atoms with Crippen LogP contribution in [0.15, 0.2) is 51.7 Å². The molecule has 0 atom stereocenters. The first-order valence-electron chi connectivity index (χ1n) is 6.94. The maximum absolute atomic E-state index is 12.6. The van der Waals surface area contributed by atoms with Crippen molar-refractivity contribution in [2.75, 3.05) is 0 Å². The fraction of sp³-hybridized carbons (Fsp3) is 0.176. The monoisotopic (exact) mass is 279 g/mol. The number of fused-ring (bicyclic) bond motifs is 2. The van der Waals surface area contributed by atoms with Gasteiger partial charge >= 0.3 is 5.76 Å². The van der Waals surface area contributed by atoms with Crippen LogP contribution in [0.1, 0.15) is 21.5 Å². The van der Waals surface area contributed by atoms with E-state index in [0.29, 0.717) is 16.7 Å². The third kappa shape index (κ3) is 2.00. The first-order valence-corrected chi connectivity index (χ1v) is 6.94. The largest absolute Gasteiger partial charge is 0.417 e. The Morgan fingerprint density at radius 3 is 2.52 bits per heavy atom. The first-order chi connectivity index (χ1) is 10.2. The average Bonchev–Trinajstić information content (AvgIpc) is 3.07. The predicted octanol–water partition coefficient (Wildman–Crippen LogP) is 2.72. The molecule has 4 heteroatoms. The molecule has 3 aromatic rings. The van der Waals surface area contributed by atoms with Crippen molar-refractivity contribution in [3.8, 4) is 0 Å². The second-order valence-electron chi connectivity index (χ2n) is 5.46. The van der Waals surface area contributed by atoms with E-state index in [1.807, 2.05) is 12.1 Å². The molecule has 0 fully saturated rings. The Morgan fingerprint density at radius 2 is 1.81 bits per heavy atom. The zero-order valence-electron chi connectivity index (χ0n) is 11.3. The van der Waals surface area contributed by atoms with E-state index in [0.717, 1.165) is 12.8 Å². The zero-order valence-corrected chi connectivity index (χ0v) is 11.3. The standard InChI is InChI=1S/C17H13NO3/c19-16(13-7-10-3-1-2-4-11(10)8-13)12-5-6-14-15(9-12)21-17(20)18-14/h1-6,9,13H,7-8H2,(H,18,20). The van der Waals surface area contributed by atoms with Crippen molar-refractivity contribution < 1.29 is 9.21 Å². The molecule has 21 heavy (non-hydrogen) atoms. The predicted molar refractivity (Wildman–Crippen MR) is 78.5 cm³/mol. The van der Waals surface area contributed by atoms with Crippen molar-refractivity contribution >= 4 is 16.9 Å². The van der Waals surface area contributed by atoms with Gasteiger partial charge in [0.1, 0.15) is 0 Å². The molecule has 0 radical (unpaired) electrons. The molecule has 0 amide bonds. The zero-order chi connectivity index (χ0) is 14.4. The number of nitrogens with one attached hydrogen (secondary N) is 1. The molecule has 1 aromatic heterocycles. The van der Waals surface area contributed by atoms with E-state index in [9.17, 15) is 9.59 Å². The Balaban J connectivity index is 1.66. The molecule has 104 valence electrons. The quantitative estimate of drug-likeness (QED) is 0.734. The summed E-state index contributed by atoms with van der Waals surface area (Å²) in [5, 5.41) is 0. The van der Waals surface area contributed by atoms with Crippen molar-refractivity contribution in [2.45, 2.75) is 12.8 Å². The van der Waals surface area contributed by atoms with Crippen LogP contribution >= 0.6 is 0 Å². The van der Waals surface area contributed by atoms with Crippen LogP contribution < -0.4 is 5.76 Å². The number of H-pyrrole nitrogens is 1. The third-order valence-corrected chi connectivity index (χ3v) is 4.13. The van der Waals surface area contributed by atoms with Gasteiger partial charge in [0.05, 0.1) is 5.52 Å². The van der Waals surface area contributed by atoms with E-state index in [1.165, 1.54) is 11.1 Å². The second kappa shape index (κ2) is 4.45. The van der Waals surface area contributed by atoms with E-state index in [-0.39, 0.29) is 11.7 Å². The van der Waals surface area contributed by atoms with Crippen molar-refractivity contribution in [1.82, 2.24) is 4.98 Å². The van der Waals surface area contributed by atoms with Gasteiger partial charge in [-0.25, -0.2) is 4.79 Å². The first kappa shape index (κ1) is 12.1. The molecule has 4 rings (SSSR count). The Kier molecular flexibility index (Phi) is 2.57. The number of benzene rings is 2.